The summed E-state index contributed by atoms with van der Waals surface area (Å²) in [4.78, 5) is 2.61. The lowest BCUT2D eigenvalue weighted by Crippen LogP contribution is -2.58. The van der Waals surface area contributed by atoms with E-state index in [0.29, 0.717) is 18.1 Å². The zero-order valence-electron chi connectivity index (χ0n) is 8.63. The van der Waals surface area contributed by atoms with Crippen LogP contribution in [0.5, 0.6) is 0 Å². The molecule has 0 spiro atoms. The first-order chi connectivity index (χ1) is 6.27. The minimum atomic E-state index is 0.325. The Morgan fingerprint density at radius 3 is 2.85 bits per heavy atom. The average molecular weight is 183 g/mol. The molecule has 0 aliphatic carbocycles. The fourth-order valence-corrected chi connectivity index (χ4v) is 3.16. The molecule has 0 aromatic carbocycles. The number of aliphatic hydroxyl groups excluding tert-OH is 1. The molecule has 0 radical (unpaired) electrons. The number of piperidine rings is 2. The van der Waals surface area contributed by atoms with Gasteiger partial charge in [0.2, 0.25) is 0 Å². The highest BCUT2D eigenvalue weighted by Gasteiger charge is 2.42. The Morgan fingerprint density at radius 1 is 1.31 bits per heavy atom. The molecule has 0 amide bonds. The minimum Gasteiger partial charge on any atom is -0.396 e. The monoisotopic (exact) mass is 183 g/mol. The van der Waals surface area contributed by atoms with E-state index in [1.165, 1.54) is 45.2 Å². The second-order valence-corrected chi connectivity index (χ2v) is 4.82. The highest BCUT2D eigenvalue weighted by molar-refractivity contribution is 4.97. The van der Waals surface area contributed by atoms with Crippen molar-refractivity contribution in [3.8, 4) is 0 Å². The molecule has 0 aromatic heterocycles. The summed E-state index contributed by atoms with van der Waals surface area (Å²) >= 11 is 0. The lowest BCUT2D eigenvalue weighted by molar-refractivity contribution is -0.0416. The Kier molecular flexibility index (Phi) is 2.61. The lowest BCUT2D eigenvalue weighted by Gasteiger charge is -2.52. The van der Waals surface area contributed by atoms with Gasteiger partial charge in [-0.25, -0.2) is 0 Å². The maximum Gasteiger partial charge on any atom is 0.0476 e. The van der Waals surface area contributed by atoms with E-state index in [9.17, 15) is 5.11 Å². The van der Waals surface area contributed by atoms with Crippen LogP contribution in [-0.4, -0.2) is 35.2 Å². The molecule has 2 heterocycles. The molecule has 2 fully saturated rings. The molecule has 2 nitrogen and oxygen atoms in total. The van der Waals surface area contributed by atoms with Crippen LogP contribution >= 0.6 is 0 Å². The molecule has 2 aliphatic rings. The Hall–Kier alpha value is -0.0800. The van der Waals surface area contributed by atoms with E-state index in [4.69, 9.17) is 0 Å². The van der Waals surface area contributed by atoms with Gasteiger partial charge in [-0.3, -0.25) is 4.90 Å². The van der Waals surface area contributed by atoms with Gasteiger partial charge in [0.25, 0.3) is 0 Å². The summed E-state index contributed by atoms with van der Waals surface area (Å²) in [6.45, 7) is 5.25. The second-order valence-electron chi connectivity index (χ2n) is 4.82. The summed E-state index contributed by atoms with van der Waals surface area (Å²) in [6.07, 6.45) is 6.50. The minimum absolute atomic E-state index is 0.325. The summed E-state index contributed by atoms with van der Waals surface area (Å²) in [6, 6.07) is 0. The maximum atomic E-state index is 9.37. The fraction of sp³-hybridized carbons (Fsp3) is 1.00. The molecule has 13 heavy (non-hydrogen) atoms. The van der Waals surface area contributed by atoms with Crippen LogP contribution in [0.15, 0.2) is 0 Å². The van der Waals surface area contributed by atoms with Crippen LogP contribution in [0, 0.1) is 5.92 Å². The van der Waals surface area contributed by atoms with E-state index in [2.05, 4.69) is 11.8 Å². The van der Waals surface area contributed by atoms with Gasteiger partial charge in [-0.15, -0.1) is 0 Å². The van der Waals surface area contributed by atoms with E-state index in [1.54, 1.807) is 0 Å². The predicted octanol–water partition coefficient (Wildman–Crippen LogP) is 1.63. The van der Waals surface area contributed by atoms with Crippen molar-refractivity contribution in [2.24, 2.45) is 5.92 Å². The van der Waals surface area contributed by atoms with Gasteiger partial charge < -0.3 is 5.11 Å². The molecule has 2 atom stereocenters. The molecule has 0 saturated carbocycles. The largest absolute Gasteiger partial charge is 0.396 e. The highest BCUT2D eigenvalue weighted by atomic mass is 16.3. The Labute approximate surface area is 80.9 Å². The predicted molar refractivity (Wildman–Crippen MR) is 53.6 cm³/mol. The lowest BCUT2D eigenvalue weighted by atomic mass is 9.73. The Morgan fingerprint density at radius 2 is 2.08 bits per heavy atom. The number of hydrogen-bond acceptors (Lipinski definition) is 2. The van der Waals surface area contributed by atoms with E-state index in [-0.39, 0.29) is 0 Å². The molecule has 76 valence electrons. The van der Waals surface area contributed by atoms with E-state index >= 15 is 0 Å². The van der Waals surface area contributed by atoms with Crippen LogP contribution in [0.1, 0.15) is 39.0 Å². The standard InChI is InChI=1S/C11H21NO/c1-11-6-2-3-7-12(11)8-4-5-10(11)9-13/h10,13H,2-9H2,1H3. The molecular formula is C11H21NO. The number of nitrogens with zero attached hydrogens (tertiary/aromatic N) is 1. The van der Waals surface area contributed by atoms with Gasteiger partial charge in [0.15, 0.2) is 0 Å². The van der Waals surface area contributed by atoms with E-state index in [0.717, 1.165) is 0 Å². The maximum absolute atomic E-state index is 9.37. The topological polar surface area (TPSA) is 23.5 Å². The van der Waals surface area contributed by atoms with E-state index < -0.39 is 0 Å². The van der Waals surface area contributed by atoms with Gasteiger partial charge in [-0.2, -0.15) is 0 Å². The number of hydrogen-bond donors (Lipinski definition) is 1. The molecule has 2 heteroatoms. The summed E-state index contributed by atoms with van der Waals surface area (Å²) in [5.74, 6) is 0.529. The van der Waals surface area contributed by atoms with Crippen molar-refractivity contribution in [3.05, 3.63) is 0 Å². The highest BCUT2D eigenvalue weighted by Crippen LogP contribution is 2.39. The van der Waals surface area contributed by atoms with E-state index in [1.807, 2.05) is 0 Å². The van der Waals surface area contributed by atoms with Crippen molar-refractivity contribution in [1.29, 1.82) is 0 Å². The van der Waals surface area contributed by atoms with Crippen LogP contribution < -0.4 is 0 Å². The first-order valence-corrected chi connectivity index (χ1v) is 5.63. The number of fused-ring (bicyclic) bond motifs is 1. The molecule has 0 aromatic rings. The van der Waals surface area contributed by atoms with Crippen LogP contribution in [-0.2, 0) is 0 Å². The van der Waals surface area contributed by atoms with Crippen LogP contribution in [0.4, 0.5) is 0 Å². The summed E-state index contributed by atoms with van der Waals surface area (Å²) in [5, 5.41) is 9.37. The van der Waals surface area contributed by atoms with Crippen molar-refractivity contribution in [3.63, 3.8) is 0 Å². The second kappa shape index (κ2) is 3.58. The zero-order valence-corrected chi connectivity index (χ0v) is 8.63. The van der Waals surface area contributed by atoms with Gasteiger partial charge >= 0.3 is 0 Å². The van der Waals surface area contributed by atoms with Gasteiger partial charge in [0.1, 0.15) is 0 Å². The van der Waals surface area contributed by atoms with Gasteiger partial charge in [0.05, 0.1) is 0 Å². The van der Waals surface area contributed by atoms with Crippen molar-refractivity contribution >= 4 is 0 Å². The SMILES string of the molecule is CC12CCCCN1CCCC2CO. The molecule has 2 unspecified atom stereocenters. The summed E-state index contributed by atoms with van der Waals surface area (Å²) in [5.41, 5.74) is 0.325. The molecular weight excluding hydrogens is 162 g/mol. The fourth-order valence-electron chi connectivity index (χ4n) is 3.16. The summed E-state index contributed by atoms with van der Waals surface area (Å²) < 4.78 is 0. The third-order valence-electron chi connectivity index (χ3n) is 4.16. The Bertz CT molecular complexity index is 172. The van der Waals surface area contributed by atoms with Crippen molar-refractivity contribution < 1.29 is 5.11 Å². The molecule has 2 rings (SSSR count). The first-order valence-electron chi connectivity index (χ1n) is 5.63. The van der Waals surface area contributed by atoms with Gasteiger partial charge in [-0.05, 0) is 45.7 Å². The van der Waals surface area contributed by atoms with Crippen LogP contribution in [0.2, 0.25) is 0 Å². The first kappa shape index (κ1) is 9.47. The summed E-state index contributed by atoms with van der Waals surface area (Å²) in [7, 11) is 0. The third kappa shape index (κ3) is 1.50. The third-order valence-corrected chi connectivity index (χ3v) is 4.16. The Balaban J connectivity index is 2.14. The molecule has 0 bridgehead atoms. The molecule has 2 aliphatic heterocycles. The zero-order chi connectivity index (χ0) is 9.31. The van der Waals surface area contributed by atoms with Crippen molar-refractivity contribution in [1.82, 2.24) is 4.90 Å². The molecule has 1 N–H and O–H groups in total. The number of aliphatic hydroxyl groups is 1. The normalized spacial score (nSPS) is 41.5. The van der Waals surface area contributed by atoms with Gasteiger partial charge in [0, 0.05) is 18.1 Å². The van der Waals surface area contributed by atoms with Crippen molar-refractivity contribution in [2.45, 2.75) is 44.6 Å². The quantitative estimate of drug-likeness (QED) is 0.668. The molecule has 2 saturated heterocycles. The number of rotatable bonds is 1. The van der Waals surface area contributed by atoms with Crippen LogP contribution in [0.3, 0.4) is 0 Å². The smallest absolute Gasteiger partial charge is 0.0476 e. The van der Waals surface area contributed by atoms with Gasteiger partial charge in [-0.1, -0.05) is 6.42 Å². The average Bonchev–Trinajstić information content (AvgIpc) is 2.16. The van der Waals surface area contributed by atoms with Crippen molar-refractivity contribution in [2.75, 3.05) is 19.7 Å². The van der Waals surface area contributed by atoms with Crippen LogP contribution in [0.25, 0.3) is 0 Å².